The molecule has 2 rings (SSSR count). The van der Waals surface area contributed by atoms with Crippen LogP contribution in [-0.2, 0) is 9.59 Å². The van der Waals surface area contributed by atoms with Crippen molar-refractivity contribution in [3.63, 3.8) is 0 Å². The standard InChI is InChI=1S/C15H12N2O4S/c1-2-7-17-13(19)11(12(18)16-15(17)22)8-9-3-5-10(6-4-9)14(20)21/h2-6,8H,1,7H2,(H,20,21)(H,16,18,22)/b11-8+. The highest BCUT2D eigenvalue weighted by Crippen LogP contribution is 2.15. The molecule has 0 aliphatic carbocycles. The molecule has 1 fully saturated rings. The monoisotopic (exact) mass is 316 g/mol. The number of hydrogen-bond donors (Lipinski definition) is 2. The van der Waals surface area contributed by atoms with Crippen LogP contribution in [0.2, 0.25) is 0 Å². The molecule has 2 amide bonds. The highest BCUT2D eigenvalue weighted by Gasteiger charge is 2.32. The summed E-state index contributed by atoms with van der Waals surface area (Å²) in [6.07, 6.45) is 2.89. The molecule has 0 spiro atoms. The third-order valence-corrected chi connectivity index (χ3v) is 3.29. The number of benzene rings is 1. The second-order valence-electron chi connectivity index (χ2n) is 4.45. The summed E-state index contributed by atoms with van der Waals surface area (Å²) in [5.41, 5.74) is 0.587. The lowest BCUT2D eigenvalue weighted by Crippen LogP contribution is -2.53. The van der Waals surface area contributed by atoms with Crippen molar-refractivity contribution in [3.05, 3.63) is 53.6 Å². The van der Waals surface area contributed by atoms with E-state index in [0.717, 1.165) is 0 Å². The molecular formula is C15H12N2O4S. The number of carboxylic acid groups (broad SMARTS) is 1. The minimum Gasteiger partial charge on any atom is -0.478 e. The molecule has 0 bridgehead atoms. The van der Waals surface area contributed by atoms with Crippen molar-refractivity contribution in [2.75, 3.05) is 6.54 Å². The molecule has 22 heavy (non-hydrogen) atoms. The van der Waals surface area contributed by atoms with Crippen LogP contribution in [0.3, 0.4) is 0 Å². The number of carbonyl (C=O) groups excluding carboxylic acids is 2. The molecule has 0 radical (unpaired) electrons. The van der Waals surface area contributed by atoms with Crippen molar-refractivity contribution < 1.29 is 19.5 Å². The Labute approximate surface area is 131 Å². The molecule has 1 aromatic carbocycles. The highest BCUT2D eigenvalue weighted by molar-refractivity contribution is 7.80. The van der Waals surface area contributed by atoms with Crippen LogP contribution in [0.5, 0.6) is 0 Å². The zero-order valence-electron chi connectivity index (χ0n) is 11.4. The van der Waals surface area contributed by atoms with E-state index >= 15 is 0 Å². The summed E-state index contributed by atoms with van der Waals surface area (Å²) in [5.74, 6) is -2.15. The van der Waals surface area contributed by atoms with Gasteiger partial charge in [0.05, 0.1) is 5.56 Å². The summed E-state index contributed by atoms with van der Waals surface area (Å²) in [6, 6.07) is 5.82. The normalized spacial score (nSPS) is 16.6. The molecule has 7 heteroatoms. The number of nitrogens with one attached hydrogen (secondary N) is 1. The number of thiocarbonyl (C=S) groups is 1. The molecule has 0 atom stereocenters. The van der Waals surface area contributed by atoms with Crippen LogP contribution in [0, 0.1) is 0 Å². The predicted molar refractivity (Wildman–Crippen MR) is 84.0 cm³/mol. The molecular weight excluding hydrogens is 304 g/mol. The average Bonchev–Trinajstić information content (AvgIpc) is 2.48. The van der Waals surface area contributed by atoms with Crippen molar-refractivity contribution in [2.45, 2.75) is 0 Å². The Morgan fingerprint density at radius 1 is 1.32 bits per heavy atom. The van der Waals surface area contributed by atoms with Gasteiger partial charge in [0.2, 0.25) is 0 Å². The van der Waals surface area contributed by atoms with E-state index in [1.165, 1.54) is 41.3 Å². The van der Waals surface area contributed by atoms with E-state index in [4.69, 9.17) is 17.3 Å². The third kappa shape index (κ3) is 3.09. The molecule has 0 unspecified atom stereocenters. The number of rotatable bonds is 4. The summed E-state index contributed by atoms with van der Waals surface area (Å²) in [6.45, 7) is 3.72. The van der Waals surface area contributed by atoms with Gasteiger partial charge in [-0.05, 0) is 36.0 Å². The maximum Gasteiger partial charge on any atom is 0.335 e. The van der Waals surface area contributed by atoms with Gasteiger partial charge in [-0.25, -0.2) is 4.79 Å². The number of carboxylic acids is 1. The quantitative estimate of drug-likeness (QED) is 0.377. The summed E-state index contributed by atoms with van der Waals surface area (Å²) in [7, 11) is 0. The van der Waals surface area contributed by atoms with Gasteiger partial charge in [-0.1, -0.05) is 18.2 Å². The average molecular weight is 316 g/mol. The van der Waals surface area contributed by atoms with E-state index in [1.807, 2.05) is 0 Å². The summed E-state index contributed by atoms with van der Waals surface area (Å²) in [4.78, 5) is 36.2. The fraction of sp³-hybridized carbons (Fsp3) is 0.0667. The maximum atomic E-state index is 12.3. The number of nitrogens with zero attached hydrogens (tertiary/aromatic N) is 1. The second-order valence-corrected chi connectivity index (χ2v) is 4.84. The van der Waals surface area contributed by atoms with E-state index in [1.54, 1.807) is 0 Å². The van der Waals surface area contributed by atoms with E-state index in [-0.39, 0.29) is 22.8 Å². The lowest BCUT2D eigenvalue weighted by atomic mass is 10.1. The fourth-order valence-electron chi connectivity index (χ4n) is 1.88. The Bertz CT molecular complexity index is 707. The maximum absolute atomic E-state index is 12.3. The zero-order chi connectivity index (χ0) is 16.3. The minimum absolute atomic E-state index is 0.0354. The van der Waals surface area contributed by atoms with Crippen LogP contribution >= 0.6 is 12.2 Å². The van der Waals surface area contributed by atoms with Gasteiger partial charge in [0.1, 0.15) is 5.57 Å². The molecule has 1 aromatic rings. The lowest BCUT2D eigenvalue weighted by Gasteiger charge is -2.27. The first-order valence-corrected chi connectivity index (χ1v) is 6.68. The number of carbonyl (C=O) groups is 3. The van der Waals surface area contributed by atoms with Gasteiger partial charge in [0, 0.05) is 6.54 Å². The molecule has 1 heterocycles. The van der Waals surface area contributed by atoms with Crippen molar-refractivity contribution >= 4 is 41.2 Å². The van der Waals surface area contributed by atoms with Crippen LogP contribution in [0.4, 0.5) is 0 Å². The third-order valence-electron chi connectivity index (χ3n) is 2.97. The van der Waals surface area contributed by atoms with Crippen molar-refractivity contribution in [1.29, 1.82) is 0 Å². The van der Waals surface area contributed by atoms with Crippen LogP contribution in [0.25, 0.3) is 6.08 Å². The highest BCUT2D eigenvalue weighted by atomic mass is 32.1. The first-order chi connectivity index (χ1) is 10.4. The molecule has 1 aliphatic heterocycles. The van der Waals surface area contributed by atoms with E-state index in [0.29, 0.717) is 5.56 Å². The molecule has 1 saturated heterocycles. The van der Waals surface area contributed by atoms with Crippen LogP contribution in [0.15, 0.2) is 42.5 Å². The second kappa shape index (κ2) is 6.31. The summed E-state index contributed by atoms with van der Waals surface area (Å²) in [5, 5.41) is 11.3. The van der Waals surface area contributed by atoms with Crippen LogP contribution in [-0.4, -0.2) is 39.4 Å². The van der Waals surface area contributed by atoms with E-state index in [2.05, 4.69) is 11.9 Å². The summed E-state index contributed by atoms with van der Waals surface area (Å²) < 4.78 is 0. The van der Waals surface area contributed by atoms with Gasteiger partial charge in [0.15, 0.2) is 5.11 Å². The van der Waals surface area contributed by atoms with Gasteiger partial charge in [-0.15, -0.1) is 6.58 Å². The van der Waals surface area contributed by atoms with Crippen LogP contribution < -0.4 is 5.32 Å². The van der Waals surface area contributed by atoms with Crippen molar-refractivity contribution in [1.82, 2.24) is 10.2 Å². The van der Waals surface area contributed by atoms with Gasteiger partial charge in [-0.3, -0.25) is 19.8 Å². The SMILES string of the molecule is C=CCN1C(=O)/C(=C/c2ccc(C(=O)O)cc2)C(=O)NC1=S. The van der Waals surface area contributed by atoms with E-state index < -0.39 is 17.8 Å². The van der Waals surface area contributed by atoms with Gasteiger partial charge in [-0.2, -0.15) is 0 Å². The largest absolute Gasteiger partial charge is 0.478 e. The Morgan fingerprint density at radius 2 is 1.95 bits per heavy atom. The zero-order valence-corrected chi connectivity index (χ0v) is 12.2. The lowest BCUT2D eigenvalue weighted by molar-refractivity contribution is -0.128. The predicted octanol–water partition coefficient (Wildman–Crippen LogP) is 1.20. The fourth-order valence-corrected chi connectivity index (χ4v) is 2.13. The molecule has 112 valence electrons. The van der Waals surface area contributed by atoms with Crippen molar-refractivity contribution in [2.24, 2.45) is 0 Å². The summed E-state index contributed by atoms with van der Waals surface area (Å²) >= 11 is 4.94. The first-order valence-electron chi connectivity index (χ1n) is 6.27. The minimum atomic E-state index is -1.05. The molecule has 6 nitrogen and oxygen atoms in total. The van der Waals surface area contributed by atoms with Gasteiger partial charge >= 0.3 is 5.97 Å². The molecule has 2 N–H and O–H groups in total. The van der Waals surface area contributed by atoms with Crippen molar-refractivity contribution in [3.8, 4) is 0 Å². The Morgan fingerprint density at radius 3 is 2.50 bits per heavy atom. The number of aromatic carboxylic acids is 1. The molecule has 0 aromatic heterocycles. The Hall–Kier alpha value is -2.80. The Balaban J connectivity index is 2.34. The molecule has 1 aliphatic rings. The van der Waals surface area contributed by atoms with E-state index in [9.17, 15) is 14.4 Å². The number of hydrogen-bond acceptors (Lipinski definition) is 4. The topological polar surface area (TPSA) is 86.7 Å². The van der Waals surface area contributed by atoms with Crippen LogP contribution in [0.1, 0.15) is 15.9 Å². The number of amides is 2. The molecule has 0 saturated carbocycles. The first kappa shape index (κ1) is 15.6. The smallest absolute Gasteiger partial charge is 0.335 e. The van der Waals surface area contributed by atoms with Gasteiger partial charge in [0.25, 0.3) is 11.8 Å². The Kier molecular flexibility index (Phi) is 4.47. The van der Waals surface area contributed by atoms with Gasteiger partial charge < -0.3 is 5.11 Å².